The molecule has 2 aromatic rings. The number of fused-ring (bicyclic) bond motifs is 1. The monoisotopic (exact) mass is 371 g/mol. The van der Waals surface area contributed by atoms with Crippen molar-refractivity contribution in [1.29, 1.82) is 0 Å². The first kappa shape index (κ1) is 18.9. The highest BCUT2D eigenvalue weighted by molar-refractivity contribution is 5.84. The molecule has 1 aliphatic rings. The SMILES string of the molecule is COc1ccc(C(NC(=O)CC2CCc3ccccc3C2)C(=O)O)cc1F. The van der Waals surface area contributed by atoms with Gasteiger partial charge in [0.2, 0.25) is 5.91 Å². The molecular formula is C21H22FNO4. The van der Waals surface area contributed by atoms with Gasteiger partial charge in [0.25, 0.3) is 0 Å². The van der Waals surface area contributed by atoms with E-state index in [0.29, 0.717) is 0 Å². The van der Waals surface area contributed by atoms with E-state index in [0.717, 1.165) is 25.3 Å². The van der Waals surface area contributed by atoms with E-state index in [1.807, 2.05) is 12.1 Å². The molecule has 0 heterocycles. The maximum absolute atomic E-state index is 13.9. The van der Waals surface area contributed by atoms with Gasteiger partial charge in [0, 0.05) is 6.42 Å². The van der Waals surface area contributed by atoms with E-state index in [1.54, 1.807) is 0 Å². The van der Waals surface area contributed by atoms with E-state index in [9.17, 15) is 19.1 Å². The summed E-state index contributed by atoms with van der Waals surface area (Å²) in [6.45, 7) is 0. The second-order valence-electron chi connectivity index (χ2n) is 6.81. The molecule has 0 saturated carbocycles. The van der Waals surface area contributed by atoms with Gasteiger partial charge in [-0.15, -0.1) is 0 Å². The highest BCUT2D eigenvalue weighted by Gasteiger charge is 2.26. The molecule has 0 bridgehead atoms. The summed E-state index contributed by atoms with van der Waals surface area (Å²) in [5.41, 5.74) is 2.72. The van der Waals surface area contributed by atoms with Crippen molar-refractivity contribution in [3.05, 3.63) is 65.0 Å². The number of amides is 1. The third-order valence-corrected chi connectivity index (χ3v) is 4.98. The predicted molar refractivity (Wildman–Crippen MR) is 98.0 cm³/mol. The van der Waals surface area contributed by atoms with Crippen LogP contribution < -0.4 is 10.1 Å². The second kappa shape index (κ2) is 8.20. The highest BCUT2D eigenvalue weighted by atomic mass is 19.1. The summed E-state index contributed by atoms with van der Waals surface area (Å²) < 4.78 is 18.7. The van der Waals surface area contributed by atoms with Gasteiger partial charge in [-0.3, -0.25) is 4.79 Å². The van der Waals surface area contributed by atoms with Gasteiger partial charge in [0.15, 0.2) is 17.6 Å². The molecule has 142 valence electrons. The number of hydrogen-bond acceptors (Lipinski definition) is 3. The number of halogens is 1. The molecule has 2 atom stereocenters. The number of carboxylic acids is 1. The number of carbonyl (C=O) groups is 2. The molecule has 1 aliphatic carbocycles. The summed E-state index contributed by atoms with van der Waals surface area (Å²) in [5.74, 6) is -2.05. The average Bonchev–Trinajstić information content (AvgIpc) is 2.65. The van der Waals surface area contributed by atoms with Crippen molar-refractivity contribution in [2.24, 2.45) is 5.92 Å². The zero-order valence-corrected chi connectivity index (χ0v) is 15.1. The molecule has 5 nitrogen and oxygen atoms in total. The lowest BCUT2D eigenvalue weighted by molar-refractivity contribution is -0.142. The van der Waals surface area contributed by atoms with E-state index in [4.69, 9.17) is 4.74 Å². The number of methoxy groups -OCH3 is 1. The molecule has 27 heavy (non-hydrogen) atoms. The van der Waals surface area contributed by atoms with E-state index in [2.05, 4.69) is 17.4 Å². The molecule has 0 aliphatic heterocycles. The first-order valence-corrected chi connectivity index (χ1v) is 8.90. The Balaban J connectivity index is 1.66. The van der Waals surface area contributed by atoms with Crippen LogP contribution in [-0.4, -0.2) is 24.1 Å². The van der Waals surface area contributed by atoms with Crippen molar-refractivity contribution in [2.45, 2.75) is 31.7 Å². The van der Waals surface area contributed by atoms with Crippen molar-refractivity contribution in [3.63, 3.8) is 0 Å². The summed E-state index contributed by atoms with van der Waals surface area (Å²) in [5, 5.41) is 12.0. The Morgan fingerprint density at radius 1 is 1.26 bits per heavy atom. The maximum Gasteiger partial charge on any atom is 0.330 e. The lowest BCUT2D eigenvalue weighted by Gasteiger charge is -2.25. The molecule has 0 saturated heterocycles. The Hall–Kier alpha value is -2.89. The van der Waals surface area contributed by atoms with Crippen molar-refractivity contribution in [1.82, 2.24) is 5.32 Å². The predicted octanol–water partition coefficient (Wildman–Crippen LogP) is 3.27. The number of rotatable bonds is 6. The summed E-state index contributed by atoms with van der Waals surface area (Å²) in [6.07, 6.45) is 2.86. The van der Waals surface area contributed by atoms with Crippen LogP contribution in [0.25, 0.3) is 0 Å². The number of benzene rings is 2. The van der Waals surface area contributed by atoms with Crippen molar-refractivity contribution >= 4 is 11.9 Å². The van der Waals surface area contributed by atoms with Gasteiger partial charge in [-0.05, 0) is 54.0 Å². The molecule has 2 unspecified atom stereocenters. The summed E-state index contributed by atoms with van der Waals surface area (Å²) in [6, 6.07) is 10.7. The van der Waals surface area contributed by atoms with Crippen molar-refractivity contribution in [2.75, 3.05) is 7.11 Å². The number of ether oxygens (including phenoxy) is 1. The highest BCUT2D eigenvalue weighted by Crippen LogP contribution is 2.28. The first-order chi connectivity index (χ1) is 13.0. The van der Waals surface area contributed by atoms with Crippen molar-refractivity contribution in [3.8, 4) is 5.75 Å². The molecule has 6 heteroatoms. The number of aryl methyl sites for hydroxylation is 1. The van der Waals surface area contributed by atoms with E-state index >= 15 is 0 Å². The Bertz CT molecular complexity index is 852. The van der Waals surface area contributed by atoms with Crippen LogP contribution in [0.1, 0.15) is 35.6 Å². The molecule has 2 aromatic carbocycles. The third kappa shape index (κ3) is 4.45. The maximum atomic E-state index is 13.9. The number of carboxylic acid groups (broad SMARTS) is 1. The molecule has 0 aromatic heterocycles. The fourth-order valence-electron chi connectivity index (χ4n) is 3.58. The largest absolute Gasteiger partial charge is 0.494 e. The summed E-state index contributed by atoms with van der Waals surface area (Å²) in [7, 11) is 1.33. The van der Waals surface area contributed by atoms with Crippen LogP contribution >= 0.6 is 0 Å². The standard InChI is InChI=1S/C21H22FNO4/c1-27-18-9-8-16(12-17(18)22)20(21(25)26)23-19(24)11-13-6-7-14-4-2-3-5-15(14)10-13/h2-5,8-9,12-13,20H,6-7,10-11H2,1H3,(H,23,24)(H,25,26). The molecule has 0 spiro atoms. The molecule has 0 radical (unpaired) electrons. The smallest absolute Gasteiger partial charge is 0.330 e. The van der Waals surface area contributed by atoms with Crippen LogP contribution in [0.4, 0.5) is 4.39 Å². The van der Waals surface area contributed by atoms with Gasteiger partial charge in [0.05, 0.1) is 7.11 Å². The molecule has 1 amide bonds. The summed E-state index contributed by atoms with van der Waals surface area (Å²) >= 11 is 0. The van der Waals surface area contributed by atoms with Gasteiger partial charge >= 0.3 is 5.97 Å². The zero-order chi connectivity index (χ0) is 19.4. The molecule has 0 fully saturated rings. The van der Waals surface area contributed by atoms with E-state index in [1.165, 1.54) is 30.4 Å². The zero-order valence-electron chi connectivity index (χ0n) is 15.1. The fourth-order valence-corrected chi connectivity index (χ4v) is 3.58. The topological polar surface area (TPSA) is 75.6 Å². The minimum atomic E-state index is -1.30. The Morgan fingerprint density at radius 3 is 2.67 bits per heavy atom. The minimum Gasteiger partial charge on any atom is -0.494 e. The molecule has 3 rings (SSSR count). The Labute approximate surface area is 157 Å². The van der Waals surface area contributed by atoms with Crippen LogP contribution in [0, 0.1) is 11.7 Å². The van der Waals surface area contributed by atoms with Gasteiger partial charge in [0.1, 0.15) is 0 Å². The van der Waals surface area contributed by atoms with Crippen LogP contribution in [-0.2, 0) is 22.4 Å². The first-order valence-electron chi connectivity index (χ1n) is 8.90. The van der Waals surface area contributed by atoms with Gasteiger partial charge in [-0.25, -0.2) is 9.18 Å². The van der Waals surface area contributed by atoms with Crippen LogP contribution in [0.15, 0.2) is 42.5 Å². The second-order valence-corrected chi connectivity index (χ2v) is 6.81. The minimum absolute atomic E-state index is 0.0232. The van der Waals surface area contributed by atoms with E-state index in [-0.39, 0.29) is 29.6 Å². The quantitative estimate of drug-likeness (QED) is 0.817. The van der Waals surface area contributed by atoms with Crippen LogP contribution in [0.2, 0.25) is 0 Å². The summed E-state index contributed by atoms with van der Waals surface area (Å²) in [4.78, 5) is 24.0. The molecule has 2 N–H and O–H groups in total. The van der Waals surface area contributed by atoms with Gasteiger partial charge < -0.3 is 15.2 Å². The van der Waals surface area contributed by atoms with Crippen LogP contribution in [0.3, 0.4) is 0 Å². The number of carbonyl (C=O) groups excluding carboxylic acids is 1. The number of nitrogens with one attached hydrogen (secondary N) is 1. The van der Waals surface area contributed by atoms with Gasteiger partial charge in [-0.2, -0.15) is 0 Å². The average molecular weight is 371 g/mol. The van der Waals surface area contributed by atoms with Gasteiger partial charge in [-0.1, -0.05) is 30.3 Å². The van der Waals surface area contributed by atoms with Crippen LogP contribution in [0.5, 0.6) is 5.75 Å². The van der Waals surface area contributed by atoms with Crippen molar-refractivity contribution < 1.29 is 23.8 Å². The lowest BCUT2D eigenvalue weighted by Crippen LogP contribution is -2.35. The normalized spacial score (nSPS) is 16.9. The Morgan fingerprint density at radius 2 is 2.00 bits per heavy atom. The third-order valence-electron chi connectivity index (χ3n) is 4.98. The fraction of sp³-hybridized carbons (Fsp3) is 0.333. The lowest BCUT2D eigenvalue weighted by atomic mass is 9.82. The van der Waals surface area contributed by atoms with E-state index < -0.39 is 17.8 Å². The number of hydrogen-bond donors (Lipinski definition) is 2. The molecular weight excluding hydrogens is 349 g/mol. The Kier molecular flexibility index (Phi) is 5.74. The number of aliphatic carboxylic acids is 1.